The molecular formula is C32H32N2O5S. The maximum atomic E-state index is 13.2. The molecule has 0 saturated heterocycles. The van der Waals surface area contributed by atoms with Crippen molar-refractivity contribution in [1.29, 1.82) is 0 Å². The molecular weight excluding hydrogens is 524 g/mol. The smallest absolute Gasteiger partial charge is 0.330 e. The topological polar surface area (TPSA) is 93.7 Å². The second-order valence-corrected chi connectivity index (χ2v) is 10.7. The number of anilines is 1. The molecule has 1 atom stereocenters. The Bertz CT molecular complexity index is 1490. The van der Waals surface area contributed by atoms with Gasteiger partial charge in [-0.3, -0.25) is 9.59 Å². The summed E-state index contributed by atoms with van der Waals surface area (Å²) in [6.45, 7) is 6.10. The second kappa shape index (κ2) is 13.6. The number of para-hydroxylation sites is 1. The van der Waals surface area contributed by atoms with Crippen molar-refractivity contribution in [2.75, 3.05) is 11.9 Å². The molecule has 0 saturated carbocycles. The minimum Gasteiger partial charge on any atom is -0.463 e. The molecule has 206 valence electrons. The van der Waals surface area contributed by atoms with Gasteiger partial charge in [-0.1, -0.05) is 32.0 Å². The lowest BCUT2D eigenvalue weighted by molar-refractivity contribution is -0.137. The van der Waals surface area contributed by atoms with Crippen LogP contribution in [0.15, 0.2) is 84.9 Å². The van der Waals surface area contributed by atoms with E-state index >= 15 is 0 Å². The van der Waals surface area contributed by atoms with Crippen LogP contribution in [-0.2, 0) is 14.3 Å². The Morgan fingerprint density at radius 3 is 2.35 bits per heavy atom. The molecule has 1 unspecified atom stereocenters. The van der Waals surface area contributed by atoms with Gasteiger partial charge in [0.25, 0.3) is 5.91 Å². The summed E-state index contributed by atoms with van der Waals surface area (Å²) in [5.41, 5.74) is 1.06. The Morgan fingerprint density at radius 1 is 0.925 bits per heavy atom. The third kappa shape index (κ3) is 8.04. The Morgan fingerprint density at radius 2 is 1.65 bits per heavy atom. The standard InChI is InChI=1S/C32H32N2O5S/c1-4-38-30(35)17-15-27-20-23-19-24(12-16-29(23)40-27)33-32(37)28(18-21(2)3)34-31(36)22-10-13-26(14-11-22)39-25-8-6-5-7-9-25/h5-17,19-21,28H,4,18H2,1-3H3,(H,33,37)(H,34,36)/b17-15+. The lowest BCUT2D eigenvalue weighted by Gasteiger charge is -2.20. The van der Waals surface area contributed by atoms with Crippen molar-refractivity contribution in [3.63, 3.8) is 0 Å². The quantitative estimate of drug-likeness (QED) is 0.152. The fourth-order valence-corrected chi connectivity index (χ4v) is 4.98. The molecule has 0 aliphatic carbocycles. The zero-order valence-electron chi connectivity index (χ0n) is 22.7. The second-order valence-electron chi connectivity index (χ2n) is 9.57. The summed E-state index contributed by atoms with van der Waals surface area (Å²) in [5.74, 6) is 0.496. The molecule has 1 aromatic heterocycles. The highest BCUT2D eigenvalue weighted by Crippen LogP contribution is 2.29. The summed E-state index contributed by atoms with van der Waals surface area (Å²) in [6.07, 6.45) is 3.60. The van der Waals surface area contributed by atoms with E-state index in [2.05, 4.69) is 10.6 Å². The van der Waals surface area contributed by atoms with E-state index < -0.39 is 6.04 Å². The normalized spacial score (nSPS) is 11.9. The highest BCUT2D eigenvalue weighted by molar-refractivity contribution is 7.19. The number of thiophene rings is 1. The predicted molar refractivity (Wildman–Crippen MR) is 160 cm³/mol. The van der Waals surface area contributed by atoms with Crippen LogP contribution < -0.4 is 15.4 Å². The van der Waals surface area contributed by atoms with Crippen molar-refractivity contribution in [2.24, 2.45) is 5.92 Å². The number of ether oxygens (including phenoxy) is 2. The average Bonchev–Trinajstić information content (AvgIpc) is 3.35. The number of carbonyl (C=O) groups excluding carboxylic acids is 3. The van der Waals surface area contributed by atoms with E-state index in [1.54, 1.807) is 37.3 Å². The Labute approximate surface area is 237 Å². The molecule has 4 rings (SSSR count). The van der Waals surface area contributed by atoms with Crippen LogP contribution >= 0.6 is 11.3 Å². The zero-order valence-corrected chi connectivity index (χ0v) is 23.5. The number of hydrogen-bond acceptors (Lipinski definition) is 6. The summed E-state index contributed by atoms with van der Waals surface area (Å²) >= 11 is 1.53. The molecule has 0 spiro atoms. The van der Waals surface area contributed by atoms with Gasteiger partial charge in [0, 0.05) is 26.9 Å². The number of amides is 2. The molecule has 0 aliphatic rings. The van der Waals surface area contributed by atoms with Crippen molar-refractivity contribution in [1.82, 2.24) is 5.32 Å². The van der Waals surface area contributed by atoms with Gasteiger partial charge in [0.05, 0.1) is 6.61 Å². The summed E-state index contributed by atoms with van der Waals surface area (Å²) in [5, 5.41) is 6.78. The van der Waals surface area contributed by atoms with Gasteiger partial charge < -0.3 is 20.1 Å². The van der Waals surface area contributed by atoms with Crippen LogP contribution in [-0.4, -0.2) is 30.4 Å². The molecule has 2 amide bonds. The van der Waals surface area contributed by atoms with Gasteiger partial charge >= 0.3 is 5.97 Å². The summed E-state index contributed by atoms with van der Waals surface area (Å²) in [7, 11) is 0. The van der Waals surface area contributed by atoms with Crippen molar-refractivity contribution < 1.29 is 23.9 Å². The lowest BCUT2D eigenvalue weighted by atomic mass is 10.0. The molecule has 0 fully saturated rings. The Hall–Kier alpha value is -4.43. The van der Waals surface area contributed by atoms with E-state index in [-0.39, 0.29) is 23.7 Å². The van der Waals surface area contributed by atoms with Crippen LogP contribution in [0.3, 0.4) is 0 Å². The molecule has 4 aromatic rings. The van der Waals surface area contributed by atoms with Gasteiger partial charge in [-0.15, -0.1) is 11.3 Å². The number of hydrogen-bond donors (Lipinski definition) is 2. The minimum absolute atomic E-state index is 0.186. The van der Waals surface area contributed by atoms with E-state index in [9.17, 15) is 14.4 Å². The van der Waals surface area contributed by atoms with Crippen molar-refractivity contribution in [3.05, 3.63) is 95.4 Å². The third-order valence-corrected chi connectivity index (χ3v) is 6.98. The van der Waals surface area contributed by atoms with E-state index in [4.69, 9.17) is 9.47 Å². The van der Waals surface area contributed by atoms with Crippen LogP contribution in [0.2, 0.25) is 0 Å². The fourth-order valence-electron chi connectivity index (χ4n) is 4.04. The van der Waals surface area contributed by atoms with Gasteiger partial charge in [0.2, 0.25) is 5.91 Å². The van der Waals surface area contributed by atoms with Crippen LogP contribution in [0.4, 0.5) is 5.69 Å². The first kappa shape index (κ1) is 28.6. The third-order valence-electron chi connectivity index (χ3n) is 5.90. The Kier molecular flexibility index (Phi) is 9.70. The largest absolute Gasteiger partial charge is 0.463 e. The molecule has 0 aliphatic heterocycles. The number of nitrogens with one attached hydrogen (secondary N) is 2. The minimum atomic E-state index is -0.714. The van der Waals surface area contributed by atoms with E-state index in [1.165, 1.54) is 17.4 Å². The molecule has 1 heterocycles. The number of rotatable bonds is 11. The molecule has 3 aromatic carbocycles. The van der Waals surface area contributed by atoms with Gasteiger partial charge in [-0.25, -0.2) is 4.79 Å². The first-order valence-corrected chi connectivity index (χ1v) is 14.0. The van der Waals surface area contributed by atoms with E-state index in [0.29, 0.717) is 35.8 Å². The highest BCUT2D eigenvalue weighted by Gasteiger charge is 2.23. The molecule has 0 bridgehead atoms. The van der Waals surface area contributed by atoms with Crippen LogP contribution in [0.1, 0.15) is 42.4 Å². The van der Waals surface area contributed by atoms with Gasteiger partial charge in [0.15, 0.2) is 0 Å². The fraction of sp³-hybridized carbons (Fsp3) is 0.219. The first-order chi connectivity index (χ1) is 19.3. The maximum Gasteiger partial charge on any atom is 0.330 e. The summed E-state index contributed by atoms with van der Waals surface area (Å²) < 4.78 is 11.7. The summed E-state index contributed by atoms with van der Waals surface area (Å²) in [6, 6.07) is 23.1. The SMILES string of the molecule is CCOC(=O)/C=C/c1cc2cc(NC(=O)C(CC(C)C)NC(=O)c3ccc(Oc4ccccc4)cc3)ccc2s1. The number of benzene rings is 3. The van der Waals surface area contributed by atoms with Crippen molar-refractivity contribution >= 4 is 51.0 Å². The lowest BCUT2D eigenvalue weighted by Crippen LogP contribution is -2.44. The van der Waals surface area contributed by atoms with Gasteiger partial charge in [-0.05, 0) is 91.4 Å². The zero-order chi connectivity index (χ0) is 28.5. The van der Waals surface area contributed by atoms with E-state index in [0.717, 1.165) is 15.0 Å². The molecule has 40 heavy (non-hydrogen) atoms. The predicted octanol–water partition coefficient (Wildman–Crippen LogP) is 7.05. The molecule has 8 heteroatoms. The number of carbonyl (C=O) groups is 3. The molecule has 2 N–H and O–H groups in total. The van der Waals surface area contributed by atoms with Gasteiger partial charge in [-0.2, -0.15) is 0 Å². The number of esters is 1. The molecule has 7 nitrogen and oxygen atoms in total. The van der Waals surface area contributed by atoms with Crippen molar-refractivity contribution in [2.45, 2.75) is 33.2 Å². The number of fused-ring (bicyclic) bond motifs is 1. The summed E-state index contributed by atoms with van der Waals surface area (Å²) in [4.78, 5) is 38.8. The first-order valence-electron chi connectivity index (χ1n) is 13.1. The van der Waals surface area contributed by atoms with Crippen molar-refractivity contribution in [3.8, 4) is 11.5 Å². The molecule has 0 radical (unpaired) electrons. The highest BCUT2D eigenvalue weighted by atomic mass is 32.1. The van der Waals surface area contributed by atoms with Gasteiger partial charge in [0.1, 0.15) is 17.5 Å². The Balaban J connectivity index is 1.41. The van der Waals surface area contributed by atoms with Crippen LogP contribution in [0.5, 0.6) is 11.5 Å². The van der Waals surface area contributed by atoms with Crippen LogP contribution in [0, 0.1) is 5.92 Å². The van der Waals surface area contributed by atoms with Crippen LogP contribution in [0.25, 0.3) is 16.2 Å². The maximum absolute atomic E-state index is 13.2. The van der Waals surface area contributed by atoms with E-state index in [1.807, 2.05) is 68.4 Å². The average molecular weight is 557 g/mol. The monoisotopic (exact) mass is 556 g/mol.